The number of rotatable bonds is 3. The van der Waals surface area contributed by atoms with Crippen LogP contribution < -0.4 is 9.62 Å². The van der Waals surface area contributed by atoms with Gasteiger partial charge in [0, 0.05) is 5.69 Å². The van der Waals surface area contributed by atoms with Crippen molar-refractivity contribution in [2.24, 2.45) is 5.41 Å². The molecule has 0 bridgehead atoms. The van der Waals surface area contributed by atoms with E-state index in [1.165, 1.54) is 18.2 Å². The summed E-state index contributed by atoms with van der Waals surface area (Å²) < 4.78 is 25.7. The molecule has 1 heterocycles. The van der Waals surface area contributed by atoms with Gasteiger partial charge < -0.3 is 5.32 Å². The van der Waals surface area contributed by atoms with Gasteiger partial charge in [0.2, 0.25) is 15.9 Å². The van der Waals surface area contributed by atoms with Gasteiger partial charge >= 0.3 is 0 Å². The van der Waals surface area contributed by atoms with E-state index in [1.54, 1.807) is 19.9 Å². The predicted octanol–water partition coefficient (Wildman–Crippen LogP) is 3.91. The predicted molar refractivity (Wildman–Crippen MR) is 110 cm³/mol. The molecule has 0 saturated carbocycles. The molecule has 2 aromatic rings. The van der Waals surface area contributed by atoms with Crippen LogP contribution in [0.5, 0.6) is 0 Å². The van der Waals surface area contributed by atoms with Crippen molar-refractivity contribution in [2.75, 3.05) is 15.4 Å². The van der Waals surface area contributed by atoms with Crippen molar-refractivity contribution in [1.29, 1.82) is 0 Å². The minimum atomic E-state index is -3.81. The van der Waals surface area contributed by atoms with Crippen LogP contribution in [-0.2, 0) is 14.8 Å². The zero-order chi connectivity index (χ0) is 20.9. The van der Waals surface area contributed by atoms with E-state index in [1.807, 2.05) is 26.0 Å². The van der Waals surface area contributed by atoms with Gasteiger partial charge in [0.25, 0.3) is 5.91 Å². The van der Waals surface area contributed by atoms with Gasteiger partial charge in [-0.2, -0.15) is 0 Å². The topological polar surface area (TPSA) is 83.6 Å². The first-order valence-corrected chi connectivity index (χ1v) is 10.7. The van der Waals surface area contributed by atoms with E-state index in [2.05, 4.69) is 5.32 Å². The molecule has 28 heavy (non-hydrogen) atoms. The van der Waals surface area contributed by atoms with Gasteiger partial charge in [-0.1, -0.05) is 29.3 Å². The number of anilines is 2. The van der Waals surface area contributed by atoms with Crippen LogP contribution in [-0.4, -0.2) is 26.0 Å². The molecule has 2 aromatic carbocycles. The zero-order valence-electron chi connectivity index (χ0n) is 16.0. The summed E-state index contributed by atoms with van der Waals surface area (Å²) in [7, 11) is -3.81. The van der Waals surface area contributed by atoms with Crippen molar-refractivity contribution < 1.29 is 18.0 Å². The normalized spacial score (nSPS) is 17.6. The van der Waals surface area contributed by atoms with Crippen molar-refractivity contribution in [2.45, 2.75) is 27.7 Å². The van der Waals surface area contributed by atoms with E-state index in [4.69, 9.17) is 11.6 Å². The van der Waals surface area contributed by atoms with Gasteiger partial charge in [0.1, 0.15) is 0 Å². The van der Waals surface area contributed by atoms with Crippen LogP contribution in [0.4, 0.5) is 11.4 Å². The Labute approximate surface area is 169 Å². The number of nitrogens with one attached hydrogen (secondary N) is 1. The Morgan fingerprint density at radius 1 is 1.14 bits per heavy atom. The smallest absolute Gasteiger partial charge is 0.257 e. The third-order valence-electron chi connectivity index (χ3n) is 4.64. The van der Waals surface area contributed by atoms with Crippen molar-refractivity contribution >= 4 is 44.8 Å². The lowest BCUT2D eigenvalue weighted by molar-refractivity contribution is -0.123. The average molecular weight is 421 g/mol. The van der Waals surface area contributed by atoms with Crippen molar-refractivity contribution in [3.8, 4) is 0 Å². The first-order chi connectivity index (χ1) is 12.9. The van der Waals surface area contributed by atoms with E-state index in [0.717, 1.165) is 15.4 Å². The molecule has 0 unspecified atom stereocenters. The fourth-order valence-corrected chi connectivity index (χ4v) is 5.52. The summed E-state index contributed by atoms with van der Waals surface area (Å²) in [4.78, 5) is 25.4. The van der Waals surface area contributed by atoms with E-state index < -0.39 is 27.3 Å². The SMILES string of the molecule is Cc1ccc(NC(=O)c2cc(N3C(=O)C(C)(C)CS3(=O)=O)ccc2Cl)c(C)c1. The van der Waals surface area contributed by atoms with Crippen molar-refractivity contribution in [1.82, 2.24) is 0 Å². The number of carbonyl (C=O) groups is 2. The first kappa shape index (κ1) is 20.4. The number of sulfonamides is 1. The number of carbonyl (C=O) groups excluding carboxylic acids is 2. The highest BCUT2D eigenvalue weighted by Gasteiger charge is 2.50. The Balaban J connectivity index is 1.98. The molecular formula is C20H21ClN2O4S. The lowest BCUT2D eigenvalue weighted by Gasteiger charge is -2.18. The van der Waals surface area contributed by atoms with Crippen LogP contribution >= 0.6 is 11.6 Å². The number of amides is 2. The number of halogens is 1. The average Bonchev–Trinajstić information content (AvgIpc) is 2.74. The standard InChI is InChI=1S/C20H21ClN2O4S/c1-12-5-8-17(13(2)9-12)22-18(24)15-10-14(6-7-16(15)21)23-19(25)20(3,4)11-28(23,26)27/h5-10H,11H2,1-4H3,(H,22,24). The molecule has 3 rings (SSSR count). The Morgan fingerprint density at radius 3 is 2.39 bits per heavy atom. The molecule has 8 heteroatoms. The lowest BCUT2D eigenvalue weighted by atomic mass is 9.95. The number of hydrogen-bond donors (Lipinski definition) is 1. The molecular weight excluding hydrogens is 400 g/mol. The van der Waals surface area contributed by atoms with Crippen LogP contribution in [0.15, 0.2) is 36.4 Å². The number of benzene rings is 2. The molecule has 0 radical (unpaired) electrons. The maximum atomic E-state index is 12.8. The monoisotopic (exact) mass is 420 g/mol. The summed E-state index contributed by atoms with van der Waals surface area (Å²) in [5.74, 6) is -1.30. The summed E-state index contributed by atoms with van der Waals surface area (Å²) in [6.45, 7) is 6.99. The number of hydrogen-bond acceptors (Lipinski definition) is 4. The van der Waals surface area contributed by atoms with Gasteiger partial charge in [0.15, 0.2) is 0 Å². The molecule has 2 amide bonds. The van der Waals surface area contributed by atoms with Gasteiger partial charge in [-0.25, -0.2) is 12.7 Å². The lowest BCUT2D eigenvalue weighted by Crippen LogP contribution is -2.33. The molecule has 6 nitrogen and oxygen atoms in total. The van der Waals surface area contributed by atoms with E-state index in [9.17, 15) is 18.0 Å². The first-order valence-electron chi connectivity index (χ1n) is 8.68. The quantitative estimate of drug-likeness (QED) is 0.815. The highest BCUT2D eigenvalue weighted by molar-refractivity contribution is 7.94. The summed E-state index contributed by atoms with van der Waals surface area (Å²) in [6.07, 6.45) is 0. The van der Waals surface area contributed by atoms with E-state index >= 15 is 0 Å². The molecule has 0 atom stereocenters. The molecule has 1 saturated heterocycles. The molecule has 1 N–H and O–H groups in total. The Hall–Kier alpha value is -2.38. The Morgan fingerprint density at radius 2 is 1.82 bits per heavy atom. The van der Waals surface area contributed by atoms with Crippen molar-refractivity contribution in [3.63, 3.8) is 0 Å². The largest absolute Gasteiger partial charge is 0.322 e. The number of nitrogens with zero attached hydrogens (tertiary/aromatic N) is 1. The molecule has 0 spiro atoms. The fraction of sp³-hybridized carbons (Fsp3) is 0.300. The molecule has 1 fully saturated rings. The highest BCUT2D eigenvalue weighted by Crippen LogP contribution is 2.37. The number of aryl methyl sites for hydroxylation is 2. The minimum absolute atomic E-state index is 0.0897. The highest BCUT2D eigenvalue weighted by atomic mass is 35.5. The molecule has 0 aliphatic carbocycles. The van der Waals surface area contributed by atoms with Crippen LogP contribution in [0, 0.1) is 19.3 Å². The van der Waals surface area contributed by atoms with Gasteiger partial charge in [-0.3, -0.25) is 9.59 Å². The van der Waals surface area contributed by atoms with E-state index in [-0.39, 0.29) is 22.0 Å². The van der Waals surface area contributed by atoms with Gasteiger partial charge in [-0.05, 0) is 57.5 Å². The molecule has 0 aromatic heterocycles. The summed E-state index contributed by atoms with van der Waals surface area (Å²) in [6, 6.07) is 9.77. The molecule has 1 aliphatic heterocycles. The maximum Gasteiger partial charge on any atom is 0.257 e. The van der Waals surface area contributed by atoms with Crippen molar-refractivity contribution in [3.05, 3.63) is 58.1 Å². The maximum absolute atomic E-state index is 12.8. The summed E-state index contributed by atoms with van der Waals surface area (Å²) in [5.41, 5.74) is 1.75. The van der Waals surface area contributed by atoms with E-state index in [0.29, 0.717) is 5.69 Å². The minimum Gasteiger partial charge on any atom is -0.322 e. The van der Waals surface area contributed by atoms with Crippen LogP contribution in [0.2, 0.25) is 5.02 Å². The van der Waals surface area contributed by atoms with Crippen LogP contribution in [0.3, 0.4) is 0 Å². The molecule has 148 valence electrons. The third-order valence-corrected chi connectivity index (χ3v) is 6.99. The zero-order valence-corrected chi connectivity index (χ0v) is 17.6. The second-order valence-electron chi connectivity index (χ2n) is 7.65. The van der Waals surface area contributed by atoms with Crippen LogP contribution in [0.25, 0.3) is 0 Å². The van der Waals surface area contributed by atoms with Crippen LogP contribution in [0.1, 0.15) is 35.3 Å². The second-order valence-corrected chi connectivity index (χ2v) is 9.87. The summed E-state index contributed by atoms with van der Waals surface area (Å²) in [5, 5.41) is 2.95. The third kappa shape index (κ3) is 3.64. The molecule has 1 aliphatic rings. The fourth-order valence-electron chi connectivity index (χ4n) is 3.22. The Bertz CT molecular complexity index is 1090. The Kier molecular flexibility index (Phi) is 5.02. The van der Waals surface area contributed by atoms with Gasteiger partial charge in [0.05, 0.1) is 27.4 Å². The van der Waals surface area contributed by atoms with Gasteiger partial charge in [-0.15, -0.1) is 0 Å². The second kappa shape index (κ2) is 6.90. The summed E-state index contributed by atoms with van der Waals surface area (Å²) >= 11 is 6.18.